The van der Waals surface area contributed by atoms with Gasteiger partial charge in [-0.05, 0) is 62.2 Å². The van der Waals surface area contributed by atoms with E-state index in [1.807, 2.05) is 4.31 Å². The highest BCUT2D eigenvalue weighted by Crippen LogP contribution is 2.32. The number of fused-ring (bicyclic) bond motifs is 1. The number of benzene rings is 1. The van der Waals surface area contributed by atoms with Gasteiger partial charge in [-0.25, -0.2) is 23.6 Å². The van der Waals surface area contributed by atoms with Crippen LogP contribution in [0.1, 0.15) is 42.0 Å². The summed E-state index contributed by atoms with van der Waals surface area (Å²) in [6.07, 6.45) is 4.51. The molecule has 0 radical (unpaired) electrons. The van der Waals surface area contributed by atoms with E-state index in [4.69, 9.17) is 5.14 Å². The second kappa shape index (κ2) is 6.19. The van der Waals surface area contributed by atoms with Gasteiger partial charge >= 0.3 is 0 Å². The number of aryl methyl sites for hydroxylation is 2. The first-order valence-corrected chi connectivity index (χ1v) is 9.73. The van der Waals surface area contributed by atoms with Crippen LogP contribution < -0.4 is 5.14 Å². The molecule has 0 spiro atoms. The van der Waals surface area contributed by atoms with Gasteiger partial charge in [-0.1, -0.05) is 0 Å². The molecule has 124 valence electrons. The van der Waals surface area contributed by atoms with E-state index in [0.29, 0.717) is 12.5 Å². The maximum absolute atomic E-state index is 12.0. The zero-order chi connectivity index (χ0) is 16.6. The van der Waals surface area contributed by atoms with Crippen molar-refractivity contribution < 1.29 is 4.21 Å². The van der Waals surface area contributed by atoms with E-state index in [1.165, 1.54) is 11.1 Å². The second-order valence-electron chi connectivity index (χ2n) is 6.46. The Morgan fingerprint density at radius 2 is 1.96 bits per heavy atom. The van der Waals surface area contributed by atoms with Crippen molar-refractivity contribution in [1.29, 1.82) is 0 Å². The van der Waals surface area contributed by atoms with E-state index >= 15 is 0 Å². The van der Waals surface area contributed by atoms with Gasteiger partial charge in [0.2, 0.25) is 0 Å². The van der Waals surface area contributed by atoms with Gasteiger partial charge in [0.05, 0.1) is 21.1 Å². The molecule has 2 unspecified atom stereocenters. The minimum absolute atomic E-state index is 0.342. The molecule has 0 bridgehead atoms. The van der Waals surface area contributed by atoms with Crippen LogP contribution in [0.4, 0.5) is 0 Å². The average Bonchev–Trinajstić information content (AvgIpc) is 2.73. The largest absolute Gasteiger partial charge is 0.247 e. The van der Waals surface area contributed by atoms with Crippen molar-refractivity contribution in [2.24, 2.45) is 5.14 Å². The van der Waals surface area contributed by atoms with Crippen molar-refractivity contribution in [1.82, 2.24) is 14.3 Å². The van der Waals surface area contributed by atoms with Crippen LogP contribution in [0, 0.1) is 13.8 Å². The summed E-state index contributed by atoms with van der Waals surface area (Å²) < 4.78 is 13.8. The molecule has 0 saturated carbocycles. The van der Waals surface area contributed by atoms with Crippen molar-refractivity contribution in [2.45, 2.75) is 39.0 Å². The van der Waals surface area contributed by atoms with Gasteiger partial charge in [-0.2, -0.15) is 0 Å². The maximum Gasteiger partial charge on any atom is 0.116 e. The molecule has 3 rings (SSSR count). The Kier molecular flexibility index (Phi) is 4.40. The summed E-state index contributed by atoms with van der Waals surface area (Å²) in [5.41, 5.74) is 4.60. The maximum atomic E-state index is 12.0. The highest BCUT2D eigenvalue weighted by molar-refractivity contribution is 7.96. The molecule has 2 atom stereocenters. The summed E-state index contributed by atoms with van der Waals surface area (Å²) in [7, 11) is -2.61. The number of hydrogen-bond acceptors (Lipinski definition) is 3. The van der Waals surface area contributed by atoms with Crippen LogP contribution in [0.5, 0.6) is 0 Å². The molecule has 1 aliphatic rings. The molecule has 1 fully saturated rings. The van der Waals surface area contributed by atoms with Gasteiger partial charge in [-0.15, -0.1) is 0 Å². The normalized spacial score (nSPS) is 22.7. The molecule has 1 aromatic carbocycles. The predicted molar refractivity (Wildman–Crippen MR) is 96.6 cm³/mol. The first-order valence-electron chi connectivity index (χ1n) is 7.98. The predicted octanol–water partition coefficient (Wildman–Crippen LogP) is 2.32. The van der Waals surface area contributed by atoms with Gasteiger partial charge < -0.3 is 0 Å². The van der Waals surface area contributed by atoms with Crippen LogP contribution in [0.25, 0.3) is 10.9 Å². The zero-order valence-electron chi connectivity index (χ0n) is 13.8. The van der Waals surface area contributed by atoms with E-state index in [0.717, 1.165) is 42.4 Å². The third-order valence-corrected chi connectivity index (χ3v) is 6.03. The minimum Gasteiger partial charge on any atom is -0.247 e. The van der Waals surface area contributed by atoms with Crippen LogP contribution in [0.2, 0.25) is 0 Å². The van der Waals surface area contributed by atoms with Crippen LogP contribution in [0.3, 0.4) is 0 Å². The first kappa shape index (κ1) is 16.4. The fourth-order valence-corrected chi connectivity index (χ4v) is 4.17. The molecule has 1 saturated heterocycles. The number of nitrogens with two attached hydrogens (primary N) is 1. The molecular weight excluding hydrogens is 308 g/mol. The van der Waals surface area contributed by atoms with Crippen molar-refractivity contribution >= 4 is 26.7 Å². The van der Waals surface area contributed by atoms with Crippen LogP contribution in [-0.2, 0) is 9.89 Å². The van der Waals surface area contributed by atoms with Crippen molar-refractivity contribution in [3.8, 4) is 0 Å². The van der Waals surface area contributed by atoms with Gasteiger partial charge in [0, 0.05) is 24.4 Å². The molecule has 23 heavy (non-hydrogen) atoms. The lowest BCUT2D eigenvalue weighted by Crippen LogP contribution is -2.37. The minimum atomic E-state index is -2.61. The Bertz CT molecular complexity index is 832. The molecule has 2 heterocycles. The van der Waals surface area contributed by atoms with E-state index in [2.05, 4.69) is 41.8 Å². The van der Waals surface area contributed by atoms with E-state index < -0.39 is 9.89 Å². The molecular formula is C17H24N4OS. The molecule has 1 aliphatic heterocycles. The highest BCUT2D eigenvalue weighted by Gasteiger charge is 2.23. The Balaban J connectivity index is 1.96. The number of hydrogen-bond donors (Lipinski definition) is 1. The molecule has 0 amide bonds. The summed E-state index contributed by atoms with van der Waals surface area (Å²) in [5.74, 6) is 3.95. The average molecular weight is 332 g/mol. The molecule has 1 aromatic heterocycles. The summed E-state index contributed by atoms with van der Waals surface area (Å²) in [5, 5.41) is 6.84. The SMILES string of the molecule is C=S(N)(=O)N1CCCC(c2ncnc3cc(C)c(C)cc23)CC1. The molecule has 2 aromatic rings. The highest BCUT2D eigenvalue weighted by atomic mass is 32.2. The van der Waals surface area contributed by atoms with E-state index in [1.54, 1.807) is 6.33 Å². The Labute approximate surface area is 138 Å². The van der Waals surface area contributed by atoms with Gasteiger partial charge in [0.1, 0.15) is 6.33 Å². The summed E-state index contributed by atoms with van der Waals surface area (Å²) in [6, 6.07) is 4.32. The molecule has 0 aliphatic carbocycles. The summed E-state index contributed by atoms with van der Waals surface area (Å²) >= 11 is 0. The van der Waals surface area contributed by atoms with Crippen LogP contribution >= 0.6 is 0 Å². The summed E-state index contributed by atoms with van der Waals surface area (Å²) in [6.45, 7) is 5.65. The van der Waals surface area contributed by atoms with Gasteiger partial charge in [0.15, 0.2) is 0 Å². The Morgan fingerprint density at radius 1 is 1.22 bits per heavy atom. The standard InChI is InChI=1S/C17H24N4OS/c1-12-9-15-16(10-13(12)2)19-11-20-17(15)14-5-4-7-21(8-6-14)23(3,18)22/h9-11,14H,3-8H2,1-2H3,(H2,18,22). The Morgan fingerprint density at radius 3 is 2.70 bits per heavy atom. The van der Waals surface area contributed by atoms with Crippen molar-refractivity contribution in [3.05, 3.63) is 35.3 Å². The third-order valence-electron chi connectivity index (χ3n) is 4.79. The van der Waals surface area contributed by atoms with E-state index in [-0.39, 0.29) is 0 Å². The smallest absolute Gasteiger partial charge is 0.116 e. The second-order valence-corrected chi connectivity index (χ2v) is 8.36. The molecule has 6 heteroatoms. The lowest BCUT2D eigenvalue weighted by molar-refractivity contribution is 0.455. The molecule has 2 N–H and O–H groups in total. The fraction of sp³-hybridized carbons (Fsp3) is 0.471. The molecule has 5 nitrogen and oxygen atoms in total. The van der Waals surface area contributed by atoms with Gasteiger partial charge in [-0.3, -0.25) is 0 Å². The van der Waals surface area contributed by atoms with Crippen LogP contribution in [-0.4, -0.2) is 37.4 Å². The van der Waals surface area contributed by atoms with Crippen LogP contribution in [0.15, 0.2) is 18.5 Å². The Hall–Kier alpha value is -1.50. The number of aromatic nitrogens is 2. The number of rotatable bonds is 2. The zero-order valence-corrected chi connectivity index (χ0v) is 14.6. The van der Waals surface area contributed by atoms with Crippen molar-refractivity contribution in [3.63, 3.8) is 0 Å². The lowest BCUT2D eigenvalue weighted by atomic mass is 9.92. The fourth-order valence-electron chi connectivity index (χ4n) is 3.31. The summed E-state index contributed by atoms with van der Waals surface area (Å²) in [4.78, 5) is 9.00. The number of nitrogens with zero attached hydrogens (tertiary/aromatic N) is 3. The lowest BCUT2D eigenvalue weighted by Gasteiger charge is -2.21. The third kappa shape index (κ3) is 3.39. The quantitative estimate of drug-likeness (QED) is 0.858. The monoisotopic (exact) mass is 332 g/mol. The van der Waals surface area contributed by atoms with Gasteiger partial charge in [0.25, 0.3) is 0 Å². The topological polar surface area (TPSA) is 72.1 Å². The van der Waals surface area contributed by atoms with Crippen molar-refractivity contribution in [2.75, 3.05) is 13.1 Å². The van der Waals surface area contributed by atoms with E-state index in [9.17, 15) is 4.21 Å². The first-order chi connectivity index (χ1) is 10.9.